The van der Waals surface area contributed by atoms with E-state index in [1.807, 2.05) is 23.3 Å². The highest BCUT2D eigenvalue weighted by Crippen LogP contribution is 2.34. The summed E-state index contributed by atoms with van der Waals surface area (Å²) >= 11 is 0. The van der Waals surface area contributed by atoms with Crippen LogP contribution >= 0.6 is 0 Å². The largest absolute Gasteiger partial charge is 0.470 e. The van der Waals surface area contributed by atoms with Crippen molar-refractivity contribution < 1.29 is 9.53 Å². The molecule has 1 amide bonds. The number of nitrogens with zero attached hydrogens (tertiary/aromatic N) is 7. The van der Waals surface area contributed by atoms with Gasteiger partial charge >= 0.3 is 0 Å². The van der Waals surface area contributed by atoms with Crippen molar-refractivity contribution in [1.82, 2.24) is 34.4 Å². The molecule has 30 heavy (non-hydrogen) atoms. The highest BCUT2D eigenvalue weighted by atomic mass is 16.5. The third-order valence-corrected chi connectivity index (χ3v) is 5.90. The molecule has 9 nitrogen and oxygen atoms in total. The number of ether oxygens (including phenoxy) is 1. The minimum absolute atomic E-state index is 0.108. The Hall–Kier alpha value is -3.10. The fourth-order valence-electron chi connectivity index (χ4n) is 4.03. The van der Waals surface area contributed by atoms with Crippen LogP contribution in [0, 0.1) is 18.8 Å². The van der Waals surface area contributed by atoms with Crippen LogP contribution in [0.2, 0.25) is 0 Å². The van der Waals surface area contributed by atoms with Gasteiger partial charge in [-0.1, -0.05) is 6.92 Å². The first-order chi connectivity index (χ1) is 14.5. The van der Waals surface area contributed by atoms with Crippen molar-refractivity contribution in [1.29, 1.82) is 0 Å². The van der Waals surface area contributed by atoms with Gasteiger partial charge in [0, 0.05) is 37.3 Å². The molecule has 0 unspecified atom stereocenters. The van der Waals surface area contributed by atoms with Gasteiger partial charge in [0.05, 0.1) is 12.1 Å². The zero-order valence-electron chi connectivity index (χ0n) is 17.4. The lowest BCUT2D eigenvalue weighted by atomic mass is 10.1. The Morgan fingerprint density at radius 2 is 1.93 bits per heavy atom. The van der Waals surface area contributed by atoms with Crippen LogP contribution in [0.3, 0.4) is 0 Å². The van der Waals surface area contributed by atoms with E-state index in [4.69, 9.17) is 9.72 Å². The Balaban J connectivity index is 1.46. The molecule has 1 aliphatic carbocycles. The fourth-order valence-corrected chi connectivity index (χ4v) is 4.03. The normalized spacial score (nSPS) is 21.4. The molecular weight excluding hydrogens is 382 g/mol. The van der Waals surface area contributed by atoms with Crippen molar-refractivity contribution in [3.63, 3.8) is 0 Å². The van der Waals surface area contributed by atoms with E-state index in [-0.39, 0.29) is 23.8 Å². The van der Waals surface area contributed by atoms with Crippen LogP contribution in [-0.4, -0.2) is 59.5 Å². The van der Waals surface area contributed by atoms with Gasteiger partial charge in [0.15, 0.2) is 11.2 Å². The summed E-state index contributed by atoms with van der Waals surface area (Å²) in [5.41, 5.74) is 2.16. The molecule has 3 aromatic heterocycles. The molecule has 0 N–H and O–H groups in total. The summed E-state index contributed by atoms with van der Waals surface area (Å²) in [4.78, 5) is 36.6. The van der Waals surface area contributed by atoms with Gasteiger partial charge in [-0.3, -0.25) is 4.79 Å². The maximum Gasteiger partial charge on any atom is 0.245 e. The Labute approximate surface area is 174 Å². The molecule has 0 radical (unpaired) electrons. The second kappa shape index (κ2) is 7.30. The fraction of sp³-hybridized carbons (Fsp3) is 0.524. The highest BCUT2D eigenvalue weighted by Gasteiger charge is 2.40. The summed E-state index contributed by atoms with van der Waals surface area (Å²) in [6.45, 7) is 8.02. The maximum absolute atomic E-state index is 12.4. The average Bonchev–Trinajstić information content (AvgIpc) is 3.44. The lowest BCUT2D eigenvalue weighted by molar-refractivity contribution is -0.131. The molecule has 0 spiro atoms. The van der Waals surface area contributed by atoms with Crippen LogP contribution in [0.4, 0.5) is 0 Å². The monoisotopic (exact) mass is 407 g/mol. The molecule has 2 aliphatic rings. The van der Waals surface area contributed by atoms with E-state index < -0.39 is 0 Å². The maximum atomic E-state index is 12.4. The van der Waals surface area contributed by atoms with Gasteiger partial charge in [0.2, 0.25) is 11.8 Å². The minimum atomic E-state index is -0.108. The molecule has 5 rings (SSSR count). The van der Waals surface area contributed by atoms with Crippen molar-refractivity contribution in [3.05, 3.63) is 24.5 Å². The molecule has 0 aromatic carbocycles. The number of rotatable bonds is 5. The van der Waals surface area contributed by atoms with E-state index in [1.165, 1.54) is 6.33 Å². The third-order valence-electron chi connectivity index (χ3n) is 5.90. The van der Waals surface area contributed by atoms with Crippen molar-refractivity contribution in [2.45, 2.75) is 46.3 Å². The Kier molecular flexibility index (Phi) is 4.60. The number of carbonyl (C=O) groups is 1. The number of hydrogen-bond acceptors (Lipinski definition) is 7. The molecule has 1 saturated carbocycles. The Morgan fingerprint density at radius 1 is 1.17 bits per heavy atom. The van der Waals surface area contributed by atoms with E-state index in [2.05, 4.69) is 26.9 Å². The predicted octanol–water partition coefficient (Wildman–Crippen LogP) is 2.25. The SMILES string of the molecule is CCn1c(-c2cnc(C)nc2)nc2c(O[C@H]3CN(C(=O)C4CC4)C[C@@H]3C)ncnc21. The smallest absolute Gasteiger partial charge is 0.245 e. The number of imidazole rings is 1. The van der Waals surface area contributed by atoms with Gasteiger partial charge in [-0.25, -0.2) is 19.9 Å². The van der Waals surface area contributed by atoms with Crippen LogP contribution < -0.4 is 4.74 Å². The van der Waals surface area contributed by atoms with Gasteiger partial charge in [-0.2, -0.15) is 4.98 Å². The van der Waals surface area contributed by atoms with E-state index in [1.54, 1.807) is 12.4 Å². The molecule has 156 valence electrons. The lowest BCUT2D eigenvalue weighted by Gasteiger charge is -2.17. The molecular formula is C21H25N7O2. The number of amides is 1. The molecule has 4 heterocycles. The van der Waals surface area contributed by atoms with Crippen molar-refractivity contribution >= 4 is 17.1 Å². The van der Waals surface area contributed by atoms with Crippen LogP contribution in [0.5, 0.6) is 5.88 Å². The standard InChI is InChI=1S/C21H25N7O2/c1-4-28-18(15-7-22-13(3)23-8-15)26-17-19(28)24-11-25-20(17)30-16-10-27(9-12(16)2)21(29)14-5-6-14/h7-8,11-12,14,16H,4-6,9-10H2,1-3H3/t12-,16-/m0/s1. The number of carbonyl (C=O) groups excluding carboxylic acids is 1. The van der Waals surface area contributed by atoms with Gasteiger partial charge < -0.3 is 14.2 Å². The van der Waals surface area contributed by atoms with Gasteiger partial charge in [0.1, 0.15) is 24.1 Å². The first kappa shape index (κ1) is 18.9. The van der Waals surface area contributed by atoms with Gasteiger partial charge in [-0.05, 0) is 26.7 Å². The van der Waals surface area contributed by atoms with E-state index >= 15 is 0 Å². The minimum Gasteiger partial charge on any atom is -0.470 e. The van der Waals surface area contributed by atoms with E-state index in [9.17, 15) is 4.79 Å². The number of aromatic nitrogens is 6. The van der Waals surface area contributed by atoms with Crippen LogP contribution in [0.15, 0.2) is 18.7 Å². The highest BCUT2D eigenvalue weighted by molar-refractivity contribution is 5.82. The number of hydrogen-bond donors (Lipinski definition) is 0. The first-order valence-corrected chi connectivity index (χ1v) is 10.5. The zero-order chi connectivity index (χ0) is 20.8. The topological polar surface area (TPSA) is 98.9 Å². The number of fused-ring (bicyclic) bond motifs is 1. The summed E-state index contributed by atoms with van der Waals surface area (Å²) in [7, 11) is 0. The summed E-state index contributed by atoms with van der Waals surface area (Å²) in [6.07, 6.45) is 6.97. The number of aryl methyl sites for hydroxylation is 2. The number of likely N-dealkylation sites (tertiary alicyclic amines) is 1. The molecule has 1 aliphatic heterocycles. The van der Waals surface area contributed by atoms with E-state index in [0.717, 1.165) is 36.4 Å². The summed E-state index contributed by atoms with van der Waals surface area (Å²) in [6, 6.07) is 0. The van der Waals surface area contributed by atoms with E-state index in [0.29, 0.717) is 30.3 Å². The Bertz CT molecular complexity index is 1090. The second-order valence-corrected chi connectivity index (χ2v) is 8.20. The van der Waals surface area contributed by atoms with Crippen LogP contribution in [0.25, 0.3) is 22.6 Å². The lowest BCUT2D eigenvalue weighted by Crippen LogP contribution is -2.32. The quantitative estimate of drug-likeness (QED) is 0.639. The molecule has 2 fully saturated rings. The summed E-state index contributed by atoms with van der Waals surface area (Å²) < 4.78 is 8.31. The molecule has 0 bridgehead atoms. The van der Waals surface area contributed by atoms with Gasteiger partial charge in [0.25, 0.3) is 0 Å². The predicted molar refractivity (Wildman–Crippen MR) is 110 cm³/mol. The Morgan fingerprint density at radius 3 is 2.63 bits per heavy atom. The van der Waals surface area contributed by atoms with Crippen molar-refractivity contribution in [2.75, 3.05) is 13.1 Å². The summed E-state index contributed by atoms with van der Waals surface area (Å²) in [5.74, 6) is 2.62. The second-order valence-electron chi connectivity index (χ2n) is 8.20. The van der Waals surface area contributed by atoms with Crippen molar-refractivity contribution in [3.8, 4) is 17.3 Å². The summed E-state index contributed by atoms with van der Waals surface area (Å²) in [5, 5.41) is 0. The zero-order valence-corrected chi connectivity index (χ0v) is 17.4. The molecule has 9 heteroatoms. The molecule has 3 aromatic rings. The van der Waals surface area contributed by atoms with Crippen LogP contribution in [-0.2, 0) is 11.3 Å². The van der Waals surface area contributed by atoms with Crippen LogP contribution in [0.1, 0.15) is 32.5 Å². The van der Waals surface area contributed by atoms with Crippen molar-refractivity contribution in [2.24, 2.45) is 11.8 Å². The average molecular weight is 407 g/mol. The third kappa shape index (κ3) is 3.28. The molecule has 1 saturated heterocycles. The van der Waals surface area contributed by atoms with Gasteiger partial charge in [-0.15, -0.1) is 0 Å². The molecule has 2 atom stereocenters. The first-order valence-electron chi connectivity index (χ1n) is 10.5.